The predicted molar refractivity (Wildman–Crippen MR) is 117 cm³/mol. The van der Waals surface area contributed by atoms with Crippen molar-refractivity contribution < 1.29 is 9.59 Å². The van der Waals surface area contributed by atoms with Gasteiger partial charge in [-0.2, -0.15) is 4.99 Å². The van der Waals surface area contributed by atoms with Gasteiger partial charge in [-0.15, -0.1) is 0 Å². The highest BCUT2D eigenvalue weighted by atomic mass is 16.2. The summed E-state index contributed by atoms with van der Waals surface area (Å²) in [6.07, 6.45) is 3.90. The topological polar surface area (TPSA) is 77.4 Å². The molecule has 156 valence electrons. The Morgan fingerprint density at radius 2 is 1.90 bits per heavy atom. The van der Waals surface area contributed by atoms with Crippen LogP contribution in [0.3, 0.4) is 0 Å². The van der Waals surface area contributed by atoms with Crippen LogP contribution in [0.1, 0.15) is 25.8 Å². The molecule has 0 aromatic heterocycles. The fraction of sp³-hybridized carbons (Fsp3) is 0.391. The lowest BCUT2D eigenvalue weighted by molar-refractivity contribution is -0.113. The van der Waals surface area contributed by atoms with Crippen molar-refractivity contribution in [2.75, 3.05) is 20.6 Å². The Balaban J connectivity index is 1.72. The molecule has 3 amide bonds. The van der Waals surface area contributed by atoms with Crippen molar-refractivity contribution in [1.29, 1.82) is 0 Å². The van der Waals surface area contributed by atoms with Crippen LogP contribution in [0.2, 0.25) is 0 Å². The summed E-state index contributed by atoms with van der Waals surface area (Å²) in [4.78, 5) is 37.5. The first-order chi connectivity index (χ1) is 14.4. The van der Waals surface area contributed by atoms with E-state index in [0.717, 1.165) is 24.2 Å². The molecule has 1 N–H and O–H groups in total. The highest BCUT2D eigenvalue weighted by molar-refractivity contribution is 6.69. The minimum Gasteiger partial charge on any atom is -0.378 e. The third-order valence-electron chi connectivity index (χ3n) is 6.01. The number of urea groups is 1. The number of nitrogens with one attached hydrogen (secondary N) is 1. The lowest BCUT2D eigenvalue weighted by Gasteiger charge is -2.42. The number of carbonyl (C=O) groups is 2. The van der Waals surface area contributed by atoms with Gasteiger partial charge in [0.2, 0.25) is 0 Å². The van der Waals surface area contributed by atoms with Crippen molar-refractivity contribution in [1.82, 2.24) is 15.1 Å². The predicted octanol–water partition coefficient (Wildman–Crippen LogP) is 2.76. The van der Waals surface area contributed by atoms with Crippen molar-refractivity contribution in [3.63, 3.8) is 0 Å². The van der Waals surface area contributed by atoms with Crippen LogP contribution in [0, 0.1) is 5.92 Å². The molecule has 2 heterocycles. The van der Waals surface area contributed by atoms with Crippen molar-refractivity contribution in [3.8, 4) is 0 Å². The third-order valence-corrected chi connectivity index (χ3v) is 6.01. The Morgan fingerprint density at radius 1 is 1.17 bits per heavy atom. The molecule has 0 saturated heterocycles. The minimum absolute atomic E-state index is 0.138. The van der Waals surface area contributed by atoms with E-state index >= 15 is 0 Å². The normalized spacial score (nSPS) is 23.2. The first-order valence-electron chi connectivity index (χ1n) is 10.3. The molecule has 4 rings (SSSR count). The number of benzene rings is 1. The highest BCUT2D eigenvalue weighted by Crippen LogP contribution is 2.37. The number of aryl methyl sites for hydroxylation is 1. The maximum atomic E-state index is 12.5. The zero-order valence-corrected chi connectivity index (χ0v) is 17.8. The van der Waals surface area contributed by atoms with Crippen LogP contribution in [0.25, 0.3) is 0 Å². The molecule has 0 fully saturated rings. The quantitative estimate of drug-likeness (QED) is 0.817. The summed E-state index contributed by atoms with van der Waals surface area (Å²) in [5.74, 6) is 0.0343. The van der Waals surface area contributed by atoms with Gasteiger partial charge in [0.25, 0.3) is 5.91 Å². The monoisotopic (exact) mass is 405 g/mol. The summed E-state index contributed by atoms with van der Waals surface area (Å²) in [6, 6.07) is 9.50. The molecule has 0 saturated carbocycles. The number of hydrogen-bond donors (Lipinski definition) is 1. The second-order valence-corrected chi connectivity index (χ2v) is 8.18. The molecular formula is C23H27N5O2. The number of imide groups is 1. The van der Waals surface area contributed by atoms with Crippen LogP contribution in [-0.4, -0.2) is 60.0 Å². The molecule has 7 heteroatoms. The average molecular weight is 406 g/mol. The van der Waals surface area contributed by atoms with Crippen molar-refractivity contribution in [3.05, 3.63) is 58.9 Å². The van der Waals surface area contributed by atoms with Gasteiger partial charge in [0.1, 0.15) is 0 Å². The second kappa shape index (κ2) is 7.89. The van der Waals surface area contributed by atoms with Gasteiger partial charge in [-0.3, -0.25) is 15.1 Å². The zero-order valence-electron chi connectivity index (χ0n) is 17.8. The first-order valence-corrected chi connectivity index (χ1v) is 10.3. The summed E-state index contributed by atoms with van der Waals surface area (Å²) in [5, 5.41) is 2.27. The Morgan fingerprint density at radius 3 is 2.60 bits per heavy atom. The van der Waals surface area contributed by atoms with Gasteiger partial charge in [0.15, 0.2) is 11.5 Å². The summed E-state index contributed by atoms with van der Waals surface area (Å²) in [5.41, 5.74) is 4.87. The Hall–Kier alpha value is -3.22. The molecule has 2 aliphatic heterocycles. The van der Waals surface area contributed by atoms with Gasteiger partial charge in [0.05, 0.1) is 6.04 Å². The number of carbonyl (C=O) groups excluding carboxylic acids is 2. The number of rotatable bonds is 5. The molecule has 7 nitrogen and oxygen atoms in total. The van der Waals surface area contributed by atoms with Crippen LogP contribution < -0.4 is 5.32 Å². The average Bonchev–Trinajstić information content (AvgIpc) is 2.71. The second-order valence-electron chi connectivity index (χ2n) is 8.18. The lowest BCUT2D eigenvalue weighted by atomic mass is 9.83. The summed E-state index contributed by atoms with van der Waals surface area (Å²) >= 11 is 0. The molecule has 1 aliphatic carbocycles. The van der Waals surface area contributed by atoms with E-state index in [1.807, 2.05) is 37.2 Å². The molecule has 2 unspecified atom stereocenters. The fourth-order valence-corrected chi connectivity index (χ4v) is 4.28. The van der Waals surface area contributed by atoms with E-state index in [1.54, 1.807) is 0 Å². The van der Waals surface area contributed by atoms with Crippen LogP contribution in [0.15, 0.2) is 63.4 Å². The van der Waals surface area contributed by atoms with Crippen molar-refractivity contribution in [2.45, 2.75) is 32.7 Å². The van der Waals surface area contributed by atoms with E-state index in [2.05, 4.69) is 47.3 Å². The zero-order chi connectivity index (χ0) is 21.4. The minimum atomic E-state index is -0.635. The third kappa shape index (κ3) is 3.56. The molecule has 1 aromatic carbocycles. The van der Waals surface area contributed by atoms with Crippen LogP contribution in [0.4, 0.5) is 4.79 Å². The first kappa shape index (κ1) is 20.1. The maximum Gasteiger partial charge on any atom is 0.349 e. The molecule has 0 bridgehead atoms. The number of fused-ring (bicyclic) bond motifs is 2. The number of nitrogens with zero attached hydrogens (tertiary/aromatic N) is 4. The molecule has 0 radical (unpaired) electrons. The number of aliphatic imine (C=N–C) groups is 2. The number of amides is 3. The largest absolute Gasteiger partial charge is 0.378 e. The smallest absolute Gasteiger partial charge is 0.349 e. The number of hydrogen-bond acceptors (Lipinski definition) is 5. The molecular weight excluding hydrogens is 378 g/mol. The number of likely N-dealkylation sites (N-methyl/N-ethyl adjacent to an activating group) is 1. The number of allylic oxidation sites excluding steroid dienone is 1. The van der Waals surface area contributed by atoms with Crippen molar-refractivity contribution in [2.24, 2.45) is 15.9 Å². The van der Waals surface area contributed by atoms with Gasteiger partial charge in [-0.25, -0.2) is 4.79 Å². The van der Waals surface area contributed by atoms with E-state index in [-0.39, 0.29) is 17.7 Å². The van der Waals surface area contributed by atoms with Gasteiger partial charge in [-0.1, -0.05) is 37.3 Å². The highest BCUT2D eigenvalue weighted by Gasteiger charge is 2.42. The summed E-state index contributed by atoms with van der Waals surface area (Å²) < 4.78 is 0. The van der Waals surface area contributed by atoms with E-state index in [1.165, 1.54) is 11.1 Å². The molecule has 1 aromatic rings. The Labute approximate surface area is 176 Å². The van der Waals surface area contributed by atoms with Crippen LogP contribution in [0.5, 0.6) is 0 Å². The van der Waals surface area contributed by atoms with E-state index < -0.39 is 11.9 Å². The molecule has 30 heavy (non-hydrogen) atoms. The Bertz CT molecular complexity index is 1000. The van der Waals surface area contributed by atoms with Gasteiger partial charge >= 0.3 is 6.03 Å². The summed E-state index contributed by atoms with van der Waals surface area (Å²) in [6.45, 7) is 4.90. The molecule has 2 atom stereocenters. The van der Waals surface area contributed by atoms with Crippen LogP contribution in [-0.2, 0) is 11.2 Å². The summed E-state index contributed by atoms with van der Waals surface area (Å²) in [7, 11) is 4.05. The molecule has 0 spiro atoms. The fourth-order valence-electron chi connectivity index (χ4n) is 4.28. The standard InChI is InChI=1S/C23H27N5O2/c1-14-15(2)19-18(13-17(14)27(3)4)28(12-8-11-16-9-6-5-7-10-16)21-20(24-19)22(29)26-23(30)25-21/h5-7,9-10,13,15,19H,8,11-12H2,1-4H3,(H,26,29,30). The lowest BCUT2D eigenvalue weighted by Crippen LogP contribution is -2.55. The van der Waals surface area contributed by atoms with Gasteiger partial charge in [0, 0.05) is 38.0 Å². The van der Waals surface area contributed by atoms with Gasteiger partial charge in [-0.05, 0) is 37.0 Å². The SMILES string of the molecule is CC1=C(N(C)C)C=C2C(N=C3C(=O)NC(=O)N=C3N2CCCc2ccccc2)C1C. The van der Waals surface area contributed by atoms with Crippen LogP contribution >= 0.6 is 0 Å². The Kier molecular flexibility index (Phi) is 5.28. The van der Waals surface area contributed by atoms with Gasteiger partial charge < -0.3 is 9.80 Å². The number of amidine groups is 1. The van der Waals surface area contributed by atoms with Crippen molar-refractivity contribution >= 4 is 23.5 Å². The van der Waals surface area contributed by atoms with E-state index in [4.69, 9.17) is 4.99 Å². The van der Waals surface area contributed by atoms with E-state index in [9.17, 15) is 9.59 Å². The van der Waals surface area contributed by atoms with E-state index in [0.29, 0.717) is 12.4 Å². The molecule has 3 aliphatic rings. The maximum absolute atomic E-state index is 12.5.